The maximum absolute atomic E-state index is 12.2. The van der Waals surface area contributed by atoms with Crippen molar-refractivity contribution in [3.63, 3.8) is 0 Å². The van der Waals surface area contributed by atoms with E-state index >= 15 is 0 Å². The molecular formula is C20H21Cl2N5O. The minimum Gasteiger partial charge on any atom is -0.306 e. The van der Waals surface area contributed by atoms with Gasteiger partial charge in [0.05, 0.1) is 22.8 Å². The van der Waals surface area contributed by atoms with E-state index in [1.807, 2.05) is 43.7 Å². The Morgan fingerprint density at radius 2 is 1.96 bits per heavy atom. The lowest BCUT2D eigenvalue weighted by molar-refractivity contribution is -0.111. The Hall–Kier alpha value is -2.57. The number of carbonyl (C=O) groups excluding carboxylic acids is 1. The van der Waals surface area contributed by atoms with Gasteiger partial charge in [-0.05, 0) is 44.5 Å². The molecule has 0 fully saturated rings. The van der Waals surface area contributed by atoms with Gasteiger partial charge >= 0.3 is 0 Å². The van der Waals surface area contributed by atoms with E-state index in [1.165, 1.54) is 6.08 Å². The van der Waals surface area contributed by atoms with Gasteiger partial charge in [0.15, 0.2) is 5.82 Å². The third-order valence-corrected chi connectivity index (χ3v) is 5.14. The van der Waals surface area contributed by atoms with Crippen LogP contribution in [0, 0.1) is 13.8 Å². The first-order valence-electron chi connectivity index (χ1n) is 8.87. The lowest BCUT2D eigenvalue weighted by Gasteiger charge is -2.05. The van der Waals surface area contributed by atoms with E-state index < -0.39 is 0 Å². The second-order valence-corrected chi connectivity index (χ2v) is 7.22. The van der Waals surface area contributed by atoms with Crippen molar-refractivity contribution in [2.75, 3.05) is 5.32 Å². The number of nitrogens with one attached hydrogen (secondary N) is 1. The zero-order valence-corrected chi connectivity index (χ0v) is 17.4. The molecule has 28 heavy (non-hydrogen) atoms. The molecule has 0 bridgehead atoms. The Morgan fingerprint density at radius 1 is 1.18 bits per heavy atom. The quantitative estimate of drug-likeness (QED) is 0.589. The van der Waals surface area contributed by atoms with E-state index in [0.717, 1.165) is 29.1 Å². The first-order chi connectivity index (χ1) is 13.4. The first-order valence-corrected chi connectivity index (χ1v) is 9.62. The normalized spacial score (nSPS) is 11.3. The van der Waals surface area contributed by atoms with Crippen molar-refractivity contribution in [1.29, 1.82) is 0 Å². The first kappa shape index (κ1) is 20.2. The Balaban J connectivity index is 1.67. The molecule has 1 N–H and O–H groups in total. The van der Waals surface area contributed by atoms with Gasteiger partial charge in [0, 0.05) is 35.6 Å². The molecule has 0 spiro atoms. The highest BCUT2D eigenvalue weighted by Crippen LogP contribution is 2.23. The van der Waals surface area contributed by atoms with Crippen LogP contribution in [0.15, 0.2) is 36.5 Å². The number of hydrogen-bond donors (Lipinski definition) is 1. The molecule has 1 amide bonds. The Kier molecular flexibility index (Phi) is 6.21. The number of benzene rings is 1. The number of rotatable bonds is 6. The van der Waals surface area contributed by atoms with Crippen LogP contribution in [0.4, 0.5) is 5.82 Å². The van der Waals surface area contributed by atoms with Gasteiger partial charge in [0.2, 0.25) is 5.91 Å². The van der Waals surface area contributed by atoms with Crippen LogP contribution in [0.1, 0.15) is 29.4 Å². The van der Waals surface area contributed by atoms with Crippen LogP contribution in [-0.2, 0) is 17.9 Å². The Bertz CT molecular complexity index is 1040. The van der Waals surface area contributed by atoms with Crippen molar-refractivity contribution in [3.8, 4) is 0 Å². The van der Waals surface area contributed by atoms with E-state index in [0.29, 0.717) is 22.4 Å². The van der Waals surface area contributed by atoms with E-state index in [1.54, 1.807) is 23.0 Å². The highest BCUT2D eigenvalue weighted by atomic mass is 35.5. The van der Waals surface area contributed by atoms with Crippen LogP contribution >= 0.6 is 23.2 Å². The summed E-state index contributed by atoms with van der Waals surface area (Å²) < 4.78 is 3.68. The molecule has 6 nitrogen and oxygen atoms in total. The second-order valence-electron chi connectivity index (χ2n) is 6.40. The number of amides is 1. The Labute approximate surface area is 173 Å². The van der Waals surface area contributed by atoms with Crippen LogP contribution in [0.25, 0.3) is 6.08 Å². The van der Waals surface area contributed by atoms with Crippen LogP contribution in [-0.4, -0.2) is 25.5 Å². The molecule has 0 unspecified atom stereocenters. The van der Waals surface area contributed by atoms with Crippen LogP contribution < -0.4 is 5.32 Å². The topological polar surface area (TPSA) is 64.7 Å². The molecule has 0 aliphatic carbocycles. The van der Waals surface area contributed by atoms with Gasteiger partial charge in [-0.1, -0.05) is 29.3 Å². The largest absolute Gasteiger partial charge is 0.306 e. The summed E-state index contributed by atoms with van der Waals surface area (Å²) in [7, 11) is 0. The van der Waals surface area contributed by atoms with E-state index in [-0.39, 0.29) is 5.91 Å². The van der Waals surface area contributed by atoms with Gasteiger partial charge in [0.25, 0.3) is 0 Å². The zero-order valence-electron chi connectivity index (χ0n) is 15.9. The lowest BCUT2D eigenvalue weighted by Crippen LogP contribution is -2.09. The van der Waals surface area contributed by atoms with Gasteiger partial charge in [-0.25, -0.2) is 0 Å². The number of aromatic nitrogens is 4. The standard InChI is InChI=1S/C20H21Cl2N5O/c1-4-26-14(3)16(11-23-26)6-8-20(28)24-19-9-13(2)27(25-19)12-15-5-7-17(21)18(22)10-15/h5-11H,4,12H2,1-3H3,(H,24,25,28)/b8-6+. The molecule has 0 saturated heterocycles. The Morgan fingerprint density at radius 3 is 2.64 bits per heavy atom. The summed E-state index contributed by atoms with van der Waals surface area (Å²) in [4.78, 5) is 12.2. The molecule has 3 rings (SSSR count). The van der Waals surface area contributed by atoms with Crippen molar-refractivity contribution in [1.82, 2.24) is 19.6 Å². The molecule has 0 atom stereocenters. The molecule has 8 heteroatoms. The number of aryl methyl sites for hydroxylation is 2. The van der Waals surface area contributed by atoms with Gasteiger partial charge in [0.1, 0.15) is 0 Å². The van der Waals surface area contributed by atoms with Crippen molar-refractivity contribution in [3.05, 3.63) is 69.1 Å². The maximum atomic E-state index is 12.2. The van der Waals surface area contributed by atoms with Crippen LogP contribution in [0.5, 0.6) is 0 Å². The zero-order chi connectivity index (χ0) is 20.3. The monoisotopic (exact) mass is 417 g/mol. The summed E-state index contributed by atoms with van der Waals surface area (Å²) in [6.07, 6.45) is 4.99. The molecule has 2 heterocycles. The third kappa shape index (κ3) is 4.64. The number of nitrogens with zero attached hydrogens (tertiary/aromatic N) is 4. The second kappa shape index (κ2) is 8.63. The molecule has 3 aromatic rings. The summed E-state index contributed by atoms with van der Waals surface area (Å²) in [6.45, 7) is 7.25. The third-order valence-electron chi connectivity index (χ3n) is 4.40. The predicted molar refractivity (Wildman–Crippen MR) is 113 cm³/mol. The van der Waals surface area contributed by atoms with Gasteiger partial charge < -0.3 is 5.32 Å². The fourth-order valence-corrected chi connectivity index (χ4v) is 3.14. The van der Waals surface area contributed by atoms with Crippen molar-refractivity contribution >= 4 is 41.0 Å². The fraction of sp³-hybridized carbons (Fsp3) is 0.250. The summed E-state index contributed by atoms with van der Waals surface area (Å²) in [6, 6.07) is 7.29. The van der Waals surface area contributed by atoms with Gasteiger partial charge in [-0.2, -0.15) is 10.2 Å². The lowest BCUT2D eigenvalue weighted by atomic mass is 10.2. The molecule has 2 aromatic heterocycles. The molecule has 0 radical (unpaired) electrons. The predicted octanol–water partition coefficient (Wildman–Crippen LogP) is 4.72. The number of carbonyl (C=O) groups is 1. The average molecular weight is 418 g/mol. The van der Waals surface area contributed by atoms with E-state index in [9.17, 15) is 4.79 Å². The van der Waals surface area contributed by atoms with Crippen LogP contribution in [0.2, 0.25) is 10.0 Å². The summed E-state index contributed by atoms with van der Waals surface area (Å²) >= 11 is 12.0. The highest BCUT2D eigenvalue weighted by Gasteiger charge is 2.09. The van der Waals surface area contributed by atoms with E-state index in [4.69, 9.17) is 23.2 Å². The van der Waals surface area contributed by atoms with Crippen LogP contribution in [0.3, 0.4) is 0 Å². The molecule has 0 aliphatic rings. The number of anilines is 1. The number of hydrogen-bond acceptors (Lipinski definition) is 3. The molecule has 146 valence electrons. The average Bonchev–Trinajstić information content (AvgIpc) is 3.18. The van der Waals surface area contributed by atoms with Crippen molar-refractivity contribution < 1.29 is 4.79 Å². The van der Waals surface area contributed by atoms with Crippen molar-refractivity contribution in [2.24, 2.45) is 0 Å². The highest BCUT2D eigenvalue weighted by molar-refractivity contribution is 6.42. The van der Waals surface area contributed by atoms with Crippen molar-refractivity contribution in [2.45, 2.75) is 33.9 Å². The van der Waals surface area contributed by atoms with Gasteiger partial charge in [-0.15, -0.1) is 0 Å². The smallest absolute Gasteiger partial charge is 0.249 e. The molecule has 0 saturated carbocycles. The fourth-order valence-electron chi connectivity index (χ4n) is 2.82. The maximum Gasteiger partial charge on any atom is 0.249 e. The minimum absolute atomic E-state index is 0.247. The molecular weight excluding hydrogens is 397 g/mol. The summed E-state index contributed by atoms with van der Waals surface area (Å²) in [5.74, 6) is 0.246. The minimum atomic E-state index is -0.247. The summed E-state index contributed by atoms with van der Waals surface area (Å²) in [5, 5.41) is 12.5. The molecule has 0 aliphatic heterocycles. The van der Waals surface area contributed by atoms with Gasteiger partial charge in [-0.3, -0.25) is 14.2 Å². The number of halogens is 2. The summed E-state index contributed by atoms with van der Waals surface area (Å²) in [5.41, 5.74) is 3.83. The SMILES string of the molecule is CCn1ncc(/C=C/C(=O)Nc2cc(C)n(Cc3ccc(Cl)c(Cl)c3)n2)c1C. The molecule has 1 aromatic carbocycles. The van der Waals surface area contributed by atoms with E-state index in [2.05, 4.69) is 15.5 Å².